The predicted molar refractivity (Wildman–Crippen MR) is 86.6 cm³/mol. The van der Waals surface area contributed by atoms with Gasteiger partial charge in [0, 0.05) is 11.9 Å². The first-order valence-electron chi connectivity index (χ1n) is 6.97. The lowest BCUT2D eigenvalue weighted by molar-refractivity contribution is -0.140. The number of carbonyl (C=O) groups is 1. The van der Waals surface area contributed by atoms with Gasteiger partial charge < -0.3 is 14.8 Å². The molecule has 0 atom stereocenters. The number of ether oxygens (including phenoxy) is 2. The summed E-state index contributed by atoms with van der Waals surface area (Å²) in [6.45, 7) is 1.98. The second-order valence-electron chi connectivity index (χ2n) is 4.76. The number of methoxy groups -OCH3 is 1. The van der Waals surface area contributed by atoms with E-state index in [1.54, 1.807) is 20.2 Å². The van der Waals surface area contributed by atoms with E-state index in [0.717, 1.165) is 17.0 Å². The van der Waals surface area contributed by atoms with Crippen LogP contribution in [0.1, 0.15) is 12.5 Å². The molecule has 0 spiro atoms. The second kappa shape index (κ2) is 7.88. The molecule has 0 unspecified atom stereocenters. The highest BCUT2D eigenvalue weighted by Gasteiger charge is 2.05. The summed E-state index contributed by atoms with van der Waals surface area (Å²) in [6, 6.07) is 17.0. The van der Waals surface area contributed by atoms with Crippen LogP contribution in [-0.2, 0) is 16.1 Å². The number of nitrogens with one attached hydrogen (secondary N) is 1. The predicted octanol–water partition coefficient (Wildman–Crippen LogP) is 3.75. The van der Waals surface area contributed by atoms with Crippen LogP contribution in [0.4, 0.5) is 5.69 Å². The third kappa shape index (κ3) is 4.66. The van der Waals surface area contributed by atoms with Crippen LogP contribution in [0.5, 0.6) is 5.75 Å². The average molecular weight is 297 g/mol. The Labute approximate surface area is 130 Å². The molecule has 4 nitrogen and oxygen atoms in total. The summed E-state index contributed by atoms with van der Waals surface area (Å²) in [4.78, 5) is 11.9. The molecule has 114 valence electrons. The van der Waals surface area contributed by atoms with E-state index in [9.17, 15) is 4.79 Å². The van der Waals surface area contributed by atoms with Gasteiger partial charge in [0.25, 0.3) is 0 Å². The molecule has 0 bridgehead atoms. The molecule has 0 aromatic heterocycles. The van der Waals surface area contributed by atoms with Crippen molar-refractivity contribution in [2.75, 3.05) is 12.4 Å². The molecule has 0 aliphatic carbocycles. The third-order valence-electron chi connectivity index (χ3n) is 3.08. The molecule has 0 saturated heterocycles. The molecule has 1 N–H and O–H groups in total. The first-order chi connectivity index (χ1) is 10.7. The van der Waals surface area contributed by atoms with E-state index in [1.807, 2.05) is 54.6 Å². The summed E-state index contributed by atoms with van der Waals surface area (Å²) in [5.74, 6) is 0.443. The lowest BCUT2D eigenvalue weighted by Gasteiger charge is -2.06. The van der Waals surface area contributed by atoms with Crippen molar-refractivity contribution in [1.29, 1.82) is 0 Å². The first kappa shape index (κ1) is 15.6. The van der Waals surface area contributed by atoms with Crippen LogP contribution in [0.3, 0.4) is 0 Å². The van der Waals surface area contributed by atoms with Gasteiger partial charge in [-0.1, -0.05) is 30.3 Å². The lowest BCUT2D eigenvalue weighted by atomic mass is 10.2. The van der Waals surface area contributed by atoms with Crippen molar-refractivity contribution >= 4 is 11.7 Å². The van der Waals surface area contributed by atoms with Crippen LogP contribution >= 0.6 is 0 Å². The van der Waals surface area contributed by atoms with Crippen LogP contribution in [0.25, 0.3) is 0 Å². The molecule has 2 aromatic rings. The fourth-order valence-corrected chi connectivity index (χ4v) is 1.77. The highest BCUT2D eigenvalue weighted by atomic mass is 16.5. The molecule has 0 fully saturated rings. The first-order valence-corrected chi connectivity index (χ1v) is 6.97. The number of hydrogen-bond acceptors (Lipinski definition) is 4. The van der Waals surface area contributed by atoms with E-state index in [4.69, 9.17) is 9.47 Å². The van der Waals surface area contributed by atoms with Crippen molar-refractivity contribution < 1.29 is 14.3 Å². The van der Waals surface area contributed by atoms with Gasteiger partial charge in [0.15, 0.2) is 0 Å². The molecule has 2 aromatic carbocycles. The van der Waals surface area contributed by atoms with Crippen LogP contribution in [0.15, 0.2) is 66.4 Å². The Morgan fingerprint density at radius 2 is 1.77 bits per heavy atom. The minimum atomic E-state index is -0.343. The zero-order valence-electron chi connectivity index (χ0n) is 12.7. The van der Waals surface area contributed by atoms with Gasteiger partial charge in [-0.05, 0) is 36.8 Å². The van der Waals surface area contributed by atoms with Gasteiger partial charge in [-0.3, -0.25) is 0 Å². The number of rotatable bonds is 6. The van der Waals surface area contributed by atoms with Gasteiger partial charge in [-0.25, -0.2) is 4.79 Å². The summed E-state index contributed by atoms with van der Waals surface area (Å²) in [5.41, 5.74) is 2.34. The van der Waals surface area contributed by atoms with E-state index in [-0.39, 0.29) is 12.6 Å². The van der Waals surface area contributed by atoms with E-state index in [2.05, 4.69) is 5.32 Å². The molecular formula is C18H19NO3. The summed E-state index contributed by atoms with van der Waals surface area (Å²) in [7, 11) is 1.62. The van der Waals surface area contributed by atoms with Crippen LogP contribution in [0, 0.1) is 0 Å². The molecule has 0 heterocycles. The Morgan fingerprint density at radius 3 is 2.41 bits per heavy atom. The number of esters is 1. The highest BCUT2D eigenvalue weighted by molar-refractivity contribution is 5.88. The number of hydrogen-bond donors (Lipinski definition) is 1. The standard InChI is InChI=1S/C18H19NO3/c1-14(12-19-16-8-10-17(21-2)11-9-16)18(20)22-13-15-6-4-3-5-7-15/h3-12,19H,13H2,1-2H3/b14-12+. The summed E-state index contributed by atoms with van der Waals surface area (Å²) in [6.07, 6.45) is 1.63. The summed E-state index contributed by atoms with van der Waals surface area (Å²) >= 11 is 0. The van der Waals surface area contributed by atoms with E-state index in [1.165, 1.54) is 0 Å². The average Bonchev–Trinajstić information content (AvgIpc) is 2.58. The lowest BCUT2D eigenvalue weighted by Crippen LogP contribution is -2.07. The molecule has 0 amide bonds. The van der Waals surface area contributed by atoms with Crippen molar-refractivity contribution in [3.05, 3.63) is 71.9 Å². The largest absolute Gasteiger partial charge is 0.497 e. The van der Waals surface area contributed by atoms with Crippen molar-refractivity contribution in [2.24, 2.45) is 0 Å². The highest BCUT2D eigenvalue weighted by Crippen LogP contribution is 2.15. The Balaban J connectivity index is 1.86. The maximum Gasteiger partial charge on any atom is 0.335 e. The summed E-state index contributed by atoms with van der Waals surface area (Å²) in [5, 5.41) is 3.06. The fourth-order valence-electron chi connectivity index (χ4n) is 1.77. The zero-order chi connectivity index (χ0) is 15.8. The summed E-state index contributed by atoms with van der Waals surface area (Å²) < 4.78 is 10.3. The maximum atomic E-state index is 11.9. The molecule has 2 rings (SSSR count). The fraction of sp³-hybridized carbons (Fsp3) is 0.167. The monoisotopic (exact) mass is 297 g/mol. The molecular weight excluding hydrogens is 278 g/mol. The topological polar surface area (TPSA) is 47.6 Å². The van der Waals surface area contributed by atoms with Gasteiger partial charge in [0.2, 0.25) is 0 Å². The Bertz CT molecular complexity index is 633. The molecule has 4 heteroatoms. The second-order valence-corrected chi connectivity index (χ2v) is 4.76. The van der Waals surface area contributed by atoms with E-state index in [0.29, 0.717) is 5.57 Å². The van der Waals surface area contributed by atoms with Gasteiger partial charge in [-0.2, -0.15) is 0 Å². The number of benzene rings is 2. The van der Waals surface area contributed by atoms with Gasteiger partial charge in [0.05, 0.1) is 12.7 Å². The van der Waals surface area contributed by atoms with Crippen molar-refractivity contribution in [2.45, 2.75) is 13.5 Å². The van der Waals surface area contributed by atoms with Crippen LogP contribution < -0.4 is 10.1 Å². The van der Waals surface area contributed by atoms with Crippen molar-refractivity contribution in [1.82, 2.24) is 0 Å². The Kier molecular flexibility index (Phi) is 5.60. The molecule has 0 aliphatic heterocycles. The quantitative estimate of drug-likeness (QED) is 0.651. The smallest absolute Gasteiger partial charge is 0.335 e. The zero-order valence-corrected chi connectivity index (χ0v) is 12.7. The van der Waals surface area contributed by atoms with Gasteiger partial charge in [-0.15, -0.1) is 0 Å². The SMILES string of the molecule is COc1ccc(N/C=C(\C)C(=O)OCc2ccccc2)cc1. The minimum absolute atomic E-state index is 0.271. The minimum Gasteiger partial charge on any atom is -0.497 e. The third-order valence-corrected chi connectivity index (χ3v) is 3.08. The van der Waals surface area contributed by atoms with Crippen molar-refractivity contribution in [3.63, 3.8) is 0 Å². The molecule has 22 heavy (non-hydrogen) atoms. The molecule has 0 radical (unpaired) electrons. The number of anilines is 1. The Hall–Kier alpha value is -2.75. The number of carbonyl (C=O) groups excluding carboxylic acids is 1. The maximum absolute atomic E-state index is 11.9. The molecule has 0 aliphatic rings. The van der Waals surface area contributed by atoms with Crippen LogP contribution in [-0.4, -0.2) is 13.1 Å². The van der Waals surface area contributed by atoms with E-state index < -0.39 is 0 Å². The normalized spacial score (nSPS) is 10.9. The van der Waals surface area contributed by atoms with Crippen molar-refractivity contribution in [3.8, 4) is 5.75 Å². The van der Waals surface area contributed by atoms with Gasteiger partial charge in [0.1, 0.15) is 12.4 Å². The molecule has 0 saturated carbocycles. The van der Waals surface area contributed by atoms with E-state index >= 15 is 0 Å². The van der Waals surface area contributed by atoms with Crippen LogP contribution in [0.2, 0.25) is 0 Å². The van der Waals surface area contributed by atoms with Gasteiger partial charge >= 0.3 is 5.97 Å². The Morgan fingerprint density at radius 1 is 1.09 bits per heavy atom.